The number of aromatic nitrogens is 4. The van der Waals surface area contributed by atoms with Crippen LogP contribution in [0.15, 0.2) is 24.9 Å². The zero-order valence-corrected chi connectivity index (χ0v) is 14.9. The maximum atomic E-state index is 12.6. The minimum absolute atomic E-state index is 0.0300. The molecule has 0 radical (unpaired) electrons. The second-order valence-corrected chi connectivity index (χ2v) is 6.82. The summed E-state index contributed by atoms with van der Waals surface area (Å²) in [4.78, 5) is 26.0. The molecule has 0 spiro atoms. The first kappa shape index (κ1) is 17.7. The normalized spacial score (nSPS) is 17.0. The summed E-state index contributed by atoms with van der Waals surface area (Å²) in [5.74, 6) is 1.63. The molecule has 3 heterocycles. The number of aryl methyl sites for hydroxylation is 1. The Morgan fingerprint density at radius 3 is 2.92 bits per heavy atom. The second-order valence-electron chi connectivity index (χ2n) is 6.82. The Kier molecular flexibility index (Phi) is 5.86. The van der Waals surface area contributed by atoms with Gasteiger partial charge in [0.05, 0.1) is 12.4 Å². The number of hydrogen-bond donors (Lipinski definition) is 2. The number of nitrogens with zero attached hydrogens (tertiary/aromatic N) is 4. The highest BCUT2D eigenvalue weighted by molar-refractivity contribution is 5.82. The average Bonchev–Trinajstić information content (AvgIpc) is 3.31. The van der Waals surface area contributed by atoms with E-state index in [0.717, 1.165) is 38.2 Å². The van der Waals surface area contributed by atoms with Gasteiger partial charge in [-0.15, -0.1) is 0 Å². The molecule has 3 N–H and O–H groups in total. The van der Waals surface area contributed by atoms with E-state index in [4.69, 9.17) is 5.73 Å². The van der Waals surface area contributed by atoms with Gasteiger partial charge in [-0.2, -0.15) is 0 Å². The first-order valence-electron chi connectivity index (χ1n) is 9.21. The molecule has 1 aliphatic rings. The molecule has 7 heteroatoms. The van der Waals surface area contributed by atoms with Gasteiger partial charge in [0.1, 0.15) is 5.82 Å². The lowest BCUT2D eigenvalue weighted by atomic mass is 9.95. The van der Waals surface area contributed by atoms with Crippen molar-refractivity contribution in [3.63, 3.8) is 0 Å². The van der Waals surface area contributed by atoms with Crippen LogP contribution in [0.1, 0.15) is 50.0 Å². The van der Waals surface area contributed by atoms with Crippen LogP contribution in [-0.4, -0.2) is 49.5 Å². The van der Waals surface area contributed by atoms with Gasteiger partial charge in [0.2, 0.25) is 5.91 Å². The van der Waals surface area contributed by atoms with Crippen LogP contribution in [0.3, 0.4) is 0 Å². The summed E-state index contributed by atoms with van der Waals surface area (Å²) in [6.45, 7) is 4.73. The predicted octanol–water partition coefficient (Wildman–Crippen LogP) is 1.68. The number of rotatable bonds is 7. The number of piperidine rings is 1. The van der Waals surface area contributed by atoms with Gasteiger partial charge in [0.15, 0.2) is 0 Å². The molecule has 1 amide bonds. The number of unbranched alkanes of at least 4 members (excludes halogenated alkanes) is 1. The summed E-state index contributed by atoms with van der Waals surface area (Å²) in [5, 5.41) is 0. The smallest absolute Gasteiger partial charge is 0.239 e. The molecule has 0 unspecified atom stereocenters. The number of amides is 1. The van der Waals surface area contributed by atoms with Gasteiger partial charge < -0.3 is 20.2 Å². The van der Waals surface area contributed by atoms with E-state index in [1.165, 1.54) is 18.7 Å². The van der Waals surface area contributed by atoms with Gasteiger partial charge in [-0.1, -0.05) is 13.3 Å². The molecule has 3 rings (SSSR count). The molecule has 2 aromatic rings. The summed E-state index contributed by atoms with van der Waals surface area (Å²) in [6, 6.07) is -0.511. The van der Waals surface area contributed by atoms with Crippen molar-refractivity contribution in [1.82, 2.24) is 24.4 Å². The Morgan fingerprint density at radius 2 is 2.24 bits per heavy atom. The molecule has 136 valence electrons. The number of carbonyl (C=O) groups excluding carboxylic acids is 1. The molecule has 25 heavy (non-hydrogen) atoms. The molecular formula is C18H28N6O. The van der Waals surface area contributed by atoms with Crippen LogP contribution in [0.4, 0.5) is 0 Å². The average molecular weight is 344 g/mol. The number of likely N-dealkylation sites (tertiary alicyclic amines) is 1. The number of nitrogens with one attached hydrogen (secondary N) is 1. The van der Waals surface area contributed by atoms with E-state index >= 15 is 0 Å². The Bertz CT molecular complexity index is 657. The minimum Gasteiger partial charge on any atom is -0.348 e. The molecule has 1 atom stereocenters. The van der Waals surface area contributed by atoms with Crippen LogP contribution in [-0.2, 0) is 17.8 Å². The van der Waals surface area contributed by atoms with Crippen LogP contribution >= 0.6 is 0 Å². The van der Waals surface area contributed by atoms with Gasteiger partial charge in [0, 0.05) is 56.3 Å². The molecule has 1 saturated heterocycles. The van der Waals surface area contributed by atoms with Crippen molar-refractivity contribution in [3.05, 3.63) is 36.4 Å². The lowest BCUT2D eigenvalue weighted by Crippen LogP contribution is -2.48. The summed E-state index contributed by atoms with van der Waals surface area (Å²) < 4.78 is 2.27. The zero-order valence-electron chi connectivity index (χ0n) is 14.9. The molecule has 0 aromatic carbocycles. The number of hydrogen-bond acceptors (Lipinski definition) is 4. The molecule has 0 bridgehead atoms. The fraction of sp³-hybridized carbons (Fsp3) is 0.611. The Balaban J connectivity index is 1.53. The van der Waals surface area contributed by atoms with E-state index in [0.29, 0.717) is 12.3 Å². The van der Waals surface area contributed by atoms with Gasteiger partial charge >= 0.3 is 0 Å². The highest BCUT2D eigenvalue weighted by Gasteiger charge is 2.28. The fourth-order valence-corrected chi connectivity index (χ4v) is 3.51. The van der Waals surface area contributed by atoms with Gasteiger partial charge in [-0.05, 0) is 19.3 Å². The maximum Gasteiger partial charge on any atom is 0.239 e. The van der Waals surface area contributed by atoms with Crippen molar-refractivity contribution < 1.29 is 4.79 Å². The van der Waals surface area contributed by atoms with Crippen molar-refractivity contribution in [2.24, 2.45) is 5.73 Å². The first-order chi connectivity index (χ1) is 12.2. The van der Waals surface area contributed by atoms with E-state index in [1.807, 2.05) is 11.1 Å². The monoisotopic (exact) mass is 344 g/mol. The van der Waals surface area contributed by atoms with Crippen LogP contribution in [0.5, 0.6) is 0 Å². The third-order valence-corrected chi connectivity index (χ3v) is 4.98. The first-order valence-corrected chi connectivity index (χ1v) is 9.21. The minimum atomic E-state index is -0.511. The number of imidazole rings is 2. The van der Waals surface area contributed by atoms with Crippen molar-refractivity contribution in [2.75, 3.05) is 13.1 Å². The van der Waals surface area contributed by atoms with Gasteiger partial charge in [-0.3, -0.25) is 4.79 Å². The topological polar surface area (TPSA) is 92.8 Å². The highest BCUT2D eigenvalue weighted by atomic mass is 16.2. The maximum absolute atomic E-state index is 12.6. The third kappa shape index (κ3) is 4.28. The van der Waals surface area contributed by atoms with E-state index < -0.39 is 6.04 Å². The van der Waals surface area contributed by atoms with Gasteiger partial charge in [-0.25, -0.2) is 9.97 Å². The lowest BCUT2D eigenvalue weighted by molar-refractivity contribution is -0.133. The molecule has 0 aliphatic carbocycles. The van der Waals surface area contributed by atoms with Crippen molar-refractivity contribution >= 4 is 5.91 Å². The van der Waals surface area contributed by atoms with Crippen molar-refractivity contribution in [2.45, 2.75) is 57.5 Å². The van der Waals surface area contributed by atoms with Crippen LogP contribution in [0.25, 0.3) is 0 Å². The number of nitrogens with two attached hydrogens (primary N) is 1. The summed E-state index contributed by atoms with van der Waals surface area (Å²) in [7, 11) is 0. The van der Waals surface area contributed by atoms with E-state index in [9.17, 15) is 4.79 Å². The van der Waals surface area contributed by atoms with E-state index in [2.05, 4.69) is 32.6 Å². The second kappa shape index (κ2) is 8.29. The number of carbonyl (C=O) groups is 1. The Morgan fingerprint density at radius 1 is 1.44 bits per heavy atom. The summed E-state index contributed by atoms with van der Waals surface area (Å²) >= 11 is 0. The molecule has 1 fully saturated rings. The fourth-order valence-electron chi connectivity index (χ4n) is 3.51. The lowest BCUT2D eigenvalue weighted by Gasteiger charge is -2.33. The molecule has 1 aliphatic heterocycles. The van der Waals surface area contributed by atoms with Crippen LogP contribution in [0.2, 0.25) is 0 Å². The number of H-pyrrole nitrogens is 1. The molecular weight excluding hydrogens is 316 g/mol. The van der Waals surface area contributed by atoms with Crippen LogP contribution < -0.4 is 5.73 Å². The van der Waals surface area contributed by atoms with Crippen molar-refractivity contribution in [3.8, 4) is 0 Å². The van der Waals surface area contributed by atoms with Crippen LogP contribution in [0, 0.1) is 0 Å². The Labute approximate surface area is 148 Å². The van der Waals surface area contributed by atoms with E-state index in [-0.39, 0.29) is 5.91 Å². The summed E-state index contributed by atoms with van der Waals surface area (Å²) in [6.07, 6.45) is 12.0. The summed E-state index contributed by atoms with van der Waals surface area (Å²) in [5.41, 5.74) is 6.99. The molecule has 0 saturated carbocycles. The van der Waals surface area contributed by atoms with Gasteiger partial charge in [0.25, 0.3) is 0 Å². The third-order valence-electron chi connectivity index (χ3n) is 4.98. The Hall–Kier alpha value is -2.15. The van der Waals surface area contributed by atoms with Crippen molar-refractivity contribution in [1.29, 1.82) is 0 Å². The highest BCUT2D eigenvalue weighted by Crippen LogP contribution is 2.27. The van der Waals surface area contributed by atoms with E-state index in [1.54, 1.807) is 12.5 Å². The largest absolute Gasteiger partial charge is 0.348 e. The molecule has 7 nitrogen and oxygen atoms in total. The zero-order chi connectivity index (χ0) is 17.6. The molecule has 2 aromatic heterocycles. The quantitative estimate of drug-likeness (QED) is 0.799. The standard InChI is InChI=1S/C18H28N6O/c1-2-3-7-23-10-6-21-17(23)14-4-8-24(9-5-14)18(25)16(19)11-15-12-20-13-22-15/h6,10,12-14,16H,2-5,7-9,11,19H2,1H3,(H,20,22)/t16-/m0/s1. The SMILES string of the molecule is CCCCn1ccnc1C1CCN(C(=O)[C@@H](N)Cc2cnc[nH]2)CC1. The predicted molar refractivity (Wildman–Crippen MR) is 96.0 cm³/mol. The number of aromatic amines is 1.